The first-order valence-electron chi connectivity index (χ1n) is 5.95. The lowest BCUT2D eigenvalue weighted by Crippen LogP contribution is -2.40. The first-order valence-corrected chi connectivity index (χ1v) is 5.95. The quantitative estimate of drug-likeness (QED) is 0.591. The van der Waals surface area contributed by atoms with Crippen molar-refractivity contribution in [2.75, 3.05) is 26.7 Å². The van der Waals surface area contributed by atoms with Gasteiger partial charge in [-0.25, -0.2) is 0 Å². The molecule has 0 radical (unpaired) electrons. The van der Waals surface area contributed by atoms with Crippen molar-refractivity contribution in [1.29, 1.82) is 0 Å². The minimum absolute atomic E-state index is 0.437. The minimum atomic E-state index is 0.437. The Labute approximate surface area is 94.2 Å². The van der Waals surface area contributed by atoms with E-state index < -0.39 is 0 Å². The Kier molecular flexibility index (Phi) is 8.62. The van der Waals surface area contributed by atoms with Crippen molar-refractivity contribution in [3.05, 3.63) is 0 Å². The molecule has 1 atom stereocenters. The van der Waals surface area contributed by atoms with Crippen LogP contribution in [0.1, 0.15) is 33.6 Å². The van der Waals surface area contributed by atoms with Gasteiger partial charge in [-0.05, 0) is 32.4 Å². The van der Waals surface area contributed by atoms with Gasteiger partial charge in [-0.15, -0.1) is 0 Å². The van der Waals surface area contributed by atoms with Crippen LogP contribution in [0, 0.1) is 5.92 Å². The summed E-state index contributed by atoms with van der Waals surface area (Å²) in [4.78, 5) is 12.6. The predicted octanol–water partition coefficient (Wildman–Crippen LogP) is 1.53. The first-order chi connectivity index (χ1) is 7.10. The van der Waals surface area contributed by atoms with Gasteiger partial charge in [0.1, 0.15) is 6.29 Å². The van der Waals surface area contributed by atoms with Gasteiger partial charge in [0.2, 0.25) is 0 Å². The highest BCUT2D eigenvalue weighted by Crippen LogP contribution is 2.02. The molecule has 0 spiro atoms. The second kappa shape index (κ2) is 8.86. The second-order valence-electron chi connectivity index (χ2n) is 4.62. The summed E-state index contributed by atoms with van der Waals surface area (Å²) in [5.74, 6) is 0.760. The summed E-state index contributed by atoms with van der Waals surface area (Å²) < 4.78 is 0. The van der Waals surface area contributed by atoms with Gasteiger partial charge in [0.05, 0.1) is 6.54 Å². The van der Waals surface area contributed by atoms with E-state index in [4.69, 9.17) is 0 Å². The molecule has 0 aromatic rings. The Bertz CT molecular complexity index is 160. The van der Waals surface area contributed by atoms with Gasteiger partial charge in [0.15, 0.2) is 0 Å². The van der Waals surface area contributed by atoms with E-state index in [1.807, 2.05) is 0 Å². The van der Waals surface area contributed by atoms with E-state index in [1.165, 1.54) is 6.42 Å². The van der Waals surface area contributed by atoms with Crippen LogP contribution in [0.25, 0.3) is 0 Å². The summed E-state index contributed by atoms with van der Waals surface area (Å²) in [6.45, 7) is 9.27. The van der Waals surface area contributed by atoms with Crippen LogP contribution in [-0.4, -0.2) is 43.9 Å². The molecule has 0 aromatic carbocycles. The number of nitrogens with one attached hydrogen (secondary N) is 1. The molecule has 0 aliphatic rings. The third kappa shape index (κ3) is 8.58. The highest BCUT2D eigenvalue weighted by molar-refractivity contribution is 5.51. The zero-order valence-electron chi connectivity index (χ0n) is 10.6. The molecule has 1 N–H and O–H groups in total. The van der Waals surface area contributed by atoms with E-state index in [9.17, 15) is 4.79 Å². The lowest BCUT2D eigenvalue weighted by Gasteiger charge is -2.24. The minimum Gasteiger partial charge on any atom is -0.306 e. The SMILES string of the molecule is CCC(CN(C)CCC(C)C)NCC=O. The standard InChI is InChI=1S/C12H26N2O/c1-5-12(13-7-9-15)10-14(4)8-6-11(2)3/h9,11-13H,5-8,10H2,1-4H3. The van der Waals surface area contributed by atoms with Crippen LogP contribution in [0.15, 0.2) is 0 Å². The number of nitrogens with zero attached hydrogens (tertiary/aromatic N) is 1. The van der Waals surface area contributed by atoms with Crippen molar-refractivity contribution in [1.82, 2.24) is 10.2 Å². The number of carbonyl (C=O) groups is 1. The monoisotopic (exact) mass is 214 g/mol. The molecule has 3 nitrogen and oxygen atoms in total. The summed E-state index contributed by atoms with van der Waals surface area (Å²) in [5, 5.41) is 3.23. The second-order valence-corrected chi connectivity index (χ2v) is 4.62. The summed E-state index contributed by atoms with van der Waals surface area (Å²) in [6, 6.07) is 0.437. The Morgan fingerprint density at radius 2 is 2.07 bits per heavy atom. The van der Waals surface area contributed by atoms with Crippen LogP contribution in [0.2, 0.25) is 0 Å². The molecule has 0 saturated heterocycles. The Hall–Kier alpha value is -0.410. The van der Waals surface area contributed by atoms with Gasteiger partial charge in [-0.1, -0.05) is 20.8 Å². The zero-order valence-corrected chi connectivity index (χ0v) is 10.6. The van der Waals surface area contributed by atoms with Crippen LogP contribution in [-0.2, 0) is 4.79 Å². The Balaban J connectivity index is 3.69. The number of rotatable bonds is 9. The molecule has 0 bridgehead atoms. The fraction of sp³-hybridized carbons (Fsp3) is 0.917. The zero-order chi connectivity index (χ0) is 11.7. The Morgan fingerprint density at radius 1 is 1.40 bits per heavy atom. The normalized spacial score (nSPS) is 13.5. The molecule has 0 rings (SSSR count). The smallest absolute Gasteiger partial charge is 0.133 e. The number of aldehydes is 1. The average molecular weight is 214 g/mol. The van der Waals surface area contributed by atoms with Gasteiger partial charge in [-0.3, -0.25) is 0 Å². The maximum Gasteiger partial charge on any atom is 0.133 e. The highest BCUT2D eigenvalue weighted by atomic mass is 16.1. The molecule has 0 aliphatic carbocycles. The maximum atomic E-state index is 10.2. The van der Waals surface area contributed by atoms with Gasteiger partial charge >= 0.3 is 0 Å². The van der Waals surface area contributed by atoms with Gasteiger partial charge in [0, 0.05) is 12.6 Å². The Morgan fingerprint density at radius 3 is 2.53 bits per heavy atom. The van der Waals surface area contributed by atoms with Crippen LogP contribution in [0.5, 0.6) is 0 Å². The molecule has 1 unspecified atom stereocenters. The van der Waals surface area contributed by atoms with Gasteiger partial charge < -0.3 is 15.0 Å². The van der Waals surface area contributed by atoms with E-state index in [-0.39, 0.29) is 0 Å². The van der Waals surface area contributed by atoms with Gasteiger partial charge in [0.25, 0.3) is 0 Å². The summed E-state index contributed by atoms with van der Waals surface area (Å²) in [7, 11) is 2.15. The summed E-state index contributed by atoms with van der Waals surface area (Å²) >= 11 is 0. The average Bonchev–Trinajstić information content (AvgIpc) is 2.21. The largest absolute Gasteiger partial charge is 0.306 e. The molecule has 0 aromatic heterocycles. The van der Waals surface area contributed by atoms with Crippen LogP contribution in [0.4, 0.5) is 0 Å². The van der Waals surface area contributed by atoms with E-state index in [2.05, 4.69) is 38.0 Å². The molecule has 0 aliphatic heterocycles. The predicted molar refractivity (Wildman–Crippen MR) is 65.1 cm³/mol. The van der Waals surface area contributed by atoms with E-state index in [0.29, 0.717) is 12.6 Å². The molecule has 0 fully saturated rings. The molecule has 0 saturated carbocycles. The number of hydrogen-bond acceptors (Lipinski definition) is 3. The molecule has 0 heterocycles. The van der Waals surface area contributed by atoms with E-state index in [1.54, 1.807) is 0 Å². The molecular weight excluding hydrogens is 188 g/mol. The third-order valence-corrected chi connectivity index (χ3v) is 2.60. The third-order valence-electron chi connectivity index (χ3n) is 2.60. The van der Waals surface area contributed by atoms with Crippen LogP contribution >= 0.6 is 0 Å². The topological polar surface area (TPSA) is 32.3 Å². The lowest BCUT2D eigenvalue weighted by molar-refractivity contribution is -0.107. The molecule has 15 heavy (non-hydrogen) atoms. The molecule has 0 amide bonds. The van der Waals surface area contributed by atoms with Crippen molar-refractivity contribution in [3.8, 4) is 0 Å². The van der Waals surface area contributed by atoms with Crippen molar-refractivity contribution >= 4 is 6.29 Å². The molecule has 3 heteroatoms. The van der Waals surface area contributed by atoms with Gasteiger partial charge in [-0.2, -0.15) is 0 Å². The fourth-order valence-electron chi connectivity index (χ4n) is 1.50. The van der Waals surface area contributed by atoms with Crippen LogP contribution < -0.4 is 5.32 Å². The van der Waals surface area contributed by atoms with Crippen LogP contribution in [0.3, 0.4) is 0 Å². The first kappa shape index (κ1) is 14.6. The van der Waals surface area contributed by atoms with E-state index >= 15 is 0 Å². The highest BCUT2D eigenvalue weighted by Gasteiger charge is 2.08. The molecule has 90 valence electrons. The van der Waals surface area contributed by atoms with E-state index in [0.717, 1.165) is 31.7 Å². The van der Waals surface area contributed by atoms with Crippen molar-refractivity contribution in [2.45, 2.75) is 39.7 Å². The maximum absolute atomic E-state index is 10.2. The molecular formula is C12H26N2O. The lowest BCUT2D eigenvalue weighted by atomic mass is 10.1. The van der Waals surface area contributed by atoms with Crippen molar-refractivity contribution < 1.29 is 4.79 Å². The number of carbonyl (C=O) groups excluding carboxylic acids is 1. The van der Waals surface area contributed by atoms with Crippen molar-refractivity contribution in [3.63, 3.8) is 0 Å². The summed E-state index contributed by atoms with van der Waals surface area (Å²) in [6.07, 6.45) is 3.23. The fourth-order valence-corrected chi connectivity index (χ4v) is 1.50. The van der Waals surface area contributed by atoms with Crippen molar-refractivity contribution in [2.24, 2.45) is 5.92 Å². The number of hydrogen-bond donors (Lipinski definition) is 1. The number of likely N-dealkylation sites (N-methyl/N-ethyl adjacent to an activating group) is 1. The summed E-state index contributed by atoms with van der Waals surface area (Å²) in [5.41, 5.74) is 0.